The minimum atomic E-state index is -2.54. The third-order valence-corrected chi connectivity index (χ3v) is 6.84. The standard InChI is InChI=1S/C28H32N6O5S/c1-5-33(6-2)18-26(35)29-19-10-9-11-21(14-19)34(40(36)37)28-27(31-24-12-7-8-13-25(24)32-28)30-20-15-22(38-3)17-23(16-20)39-4/h7-17H,5-6,18H2,1-4H3,(H,29,35)(H,30,31)(H,36,37). The van der Waals surface area contributed by atoms with Crippen molar-refractivity contribution in [3.05, 3.63) is 66.7 Å². The lowest BCUT2D eigenvalue weighted by atomic mass is 10.2. The van der Waals surface area contributed by atoms with Crippen molar-refractivity contribution < 1.29 is 23.0 Å². The van der Waals surface area contributed by atoms with Crippen LogP contribution in [0.25, 0.3) is 11.0 Å². The average Bonchev–Trinajstić information content (AvgIpc) is 2.96. The number of nitrogens with zero attached hydrogens (tertiary/aromatic N) is 4. The van der Waals surface area contributed by atoms with Crippen molar-refractivity contribution >= 4 is 56.9 Å². The molecule has 1 amide bonds. The molecule has 1 atom stereocenters. The van der Waals surface area contributed by atoms with Crippen LogP contribution in [0, 0.1) is 0 Å². The summed E-state index contributed by atoms with van der Waals surface area (Å²) >= 11 is -2.54. The van der Waals surface area contributed by atoms with E-state index in [-0.39, 0.29) is 24.1 Å². The van der Waals surface area contributed by atoms with Crippen LogP contribution in [-0.4, -0.2) is 63.4 Å². The van der Waals surface area contributed by atoms with Gasteiger partial charge in [-0.3, -0.25) is 14.2 Å². The number of hydrogen-bond donors (Lipinski definition) is 3. The number of carbonyl (C=O) groups is 1. The molecule has 210 valence electrons. The maximum absolute atomic E-state index is 12.8. The van der Waals surface area contributed by atoms with E-state index < -0.39 is 11.3 Å². The van der Waals surface area contributed by atoms with Gasteiger partial charge in [-0.25, -0.2) is 18.5 Å². The normalized spacial score (nSPS) is 11.8. The Labute approximate surface area is 235 Å². The molecule has 11 nitrogen and oxygen atoms in total. The van der Waals surface area contributed by atoms with Gasteiger partial charge in [0.1, 0.15) is 11.5 Å². The van der Waals surface area contributed by atoms with Crippen LogP contribution in [0.2, 0.25) is 0 Å². The van der Waals surface area contributed by atoms with Crippen molar-refractivity contribution in [1.29, 1.82) is 0 Å². The molecule has 40 heavy (non-hydrogen) atoms. The Morgan fingerprint density at radius 1 is 0.900 bits per heavy atom. The summed E-state index contributed by atoms with van der Waals surface area (Å²) in [6.45, 7) is 5.71. The van der Waals surface area contributed by atoms with Gasteiger partial charge in [0.15, 0.2) is 11.6 Å². The molecule has 4 aromatic rings. The smallest absolute Gasteiger partial charge is 0.268 e. The minimum absolute atomic E-state index is 0.105. The largest absolute Gasteiger partial charge is 0.497 e. The van der Waals surface area contributed by atoms with Crippen molar-refractivity contribution in [3.8, 4) is 11.5 Å². The van der Waals surface area contributed by atoms with Crippen LogP contribution < -0.4 is 24.4 Å². The quantitative estimate of drug-likeness (QED) is 0.205. The molecule has 12 heteroatoms. The lowest BCUT2D eigenvalue weighted by Crippen LogP contribution is -2.33. The van der Waals surface area contributed by atoms with E-state index in [1.54, 1.807) is 68.8 Å². The van der Waals surface area contributed by atoms with Crippen LogP contribution in [0.5, 0.6) is 11.5 Å². The predicted molar refractivity (Wildman–Crippen MR) is 158 cm³/mol. The van der Waals surface area contributed by atoms with Crippen LogP contribution in [-0.2, 0) is 16.1 Å². The first-order valence-corrected chi connectivity index (χ1v) is 13.7. The first kappa shape index (κ1) is 28.7. The van der Waals surface area contributed by atoms with E-state index in [0.717, 1.165) is 17.4 Å². The molecule has 0 radical (unpaired) electrons. The van der Waals surface area contributed by atoms with E-state index in [0.29, 0.717) is 39.6 Å². The fourth-order valence-corrected chi connectivity index (χ4v) is 4.65. The molecule has 4 rings (SSSR count). The van der Waals surface area contributed by atoms with E-state index in [1.165, 1.54) is 0 Å². The lowest BCUT2D eigenvalue weighted by Gasteiger charge is -2.23. The maximum Gasteiger partial charge on any atom is 0.268 e. The SMILES string of the molecule is CCN(CC)CC(=O)Nc1cccc(N(c2nc3ccccc3nc2Nc2cc(OC)cc(OC)c2)S(=O)O)c1. The summed E-state index contributed by atoms with van der Waals surface area (Å²) in [5.74, 6) is 1.25. The van der Waals surface area contributed by atoms with E-state index in [2.05, 4.69) is 10.6 Å². The van der Waals surface area contributed by atoms with Crippen LogP contribution in [0.1, 0.15) is 13.8 Å². The number of aromatic nitrogens is 2. The highest BCUT2D eigenvalue weighted by molar-refractivity contribution is 7.81. The number of amides is 1. The van der Waals surface area contributed by atoms with Gasteiger partial charge in [0.2, 0.25) is 5.91 Å². The number of fused-ring (bicyclic) bond motifs is 1. The maximum atomic E-state index is 12.8. The van der Waals surface area contributed by atoms with Gasteiger partial charge in [-0.05, 0) is 43.4 Å². The fraction of sp³-hybridized carbons (Fsp3) is 0.250. The molecule has 0 spiro atoms. The van der Waals surface area contributed by atoms with Gasteiger partial charge in [-0.1, -0.05) is 32.0 Å². The molecule has 1 heterocycles. The van der Waals surface area contributed by atoms with Gasteiger partial charge in [0.25, 0.3) is 11.3 Å². The summed E-state index contributed by atoms with van der Waals surface area (Å²) in [5.41, 5.74) is 2.50. The number of benzene rings is 3. The third-order valence-electron chi connectivity index (χ3n) is 6.14. The summed E-state index contributed by atoms with van der Waals surface area (Å²) in [5, 5.41) is 6.07. The van der Waals surface area contributed by atoms with E-state index in [1.807, 2.05) is 30.9 Å². The molecule has 0 fully saturated rings. The second kappa shape index (κ2) is 13.2. The number of rotatable bonds is 12. The molecule has 0 aliphatic heterocycles. The monoisotopic (exact) mass is 564 g/mol. The molecule has 0 aliphatic rings. The second-order valence-corrected chi connectivity index (χ2v) is 9.52. The molecule has 1 unspecified atom stereocenters. The topological polar surface area (TPSA) is 129 Å². The summed E-state index contributed by atoms with van der Waals surface area (Å²) in [6.07, 6.45) is 0. The van der Waals surface area contributed by atoms with Gasteiger partial charge >= 0.3 is 0 Å². The van der Waals surface area contributed by atoms with Crippen LogP contribution in [0.4, 0.5) is 28.7 Å². The van der Waals surface area contributed by atoms with Crippen LogP contribution >= 0.6 is 0 Å². The summed E-state index contributed by atoms with van der Waals surface area (Å²) in [4.78, 5) is 24.0. The zero-order valence-corrected chi connectivity index (χ0v) is 23.6. The lowest BCUT2D eigenvalue weighted by molar-refractivity contribution is -0.117. The molecule has 0 saturated heterocycles. The number of ether oxygens (including phenoxy) is 2. The van der Waals surface area contributed by atoms with Crippen molar-refractivity contribution in [2.75, 3.05) is 48.8 Å². The summed E-state index contributed by atoms with van der Waals surface area (Å²) < 4.78 is 35.2. The molecule has 3 aromatic carbocycles. The zero-order chi connectivity index (χ0) is 28.6. The number of hydrogen-bond acceptors (Lipinski definition) is 8. The average molecular weight is 565 g/mol. The van der Waals surface area contributed by atoms with Gasteiger partial charge in [0, 0.05) is 29.6 Å². The Bertz CT molecular complexity index is 1490. The van der Waals surface area contributed by atoms with Gasteiger partial charge < -0.3 is 20.1 Å². The highest BCUT2D eigenvalue weighted by Gasteiger charge is 2.24. The molecule has 1 aromatic heterocycles. The van der Waals surface area contributed by atoms with Crippen LogP contribution in [0.3, 0.4) is 0 Å². The first-order valence-electron chi connectivity index (χ1n) is 12.6. The number of anilines is 5. The Balaban J connectivity index is 1.76. The molecule has 0 saturated carbocycles. The molecular weight excluding hydrogens is 532 g/mol. The van der Waals surface area contributed by atoms with Crippen molar-refractivity contribution in [1.82, 2.24) is 14.9 Å². The third kappa shape index (κ3) is 6.84. The van der Waals surface area contributed by atoms with Gasteiger partial charge in [0.05, 0.1) is 37.5 Å². The first-order chi connectivity index (χ1) is 19.3. The number of carbonyl (C=O) groups excluding carboxylic acids is 1. The highest BCUT2D eigenvalue weighted by Crippen LogP contribution is 2.36. The van der Waals surface area contributed by atoms with E-state index in [9.17, 15) is 13.6 Å². The van der Waals surface area contributed by atoms with E-state index in [4.69, 9.17) is 19.4 Å². The predicted octanol–water partition coefficient (Wildman–Crippen LogP) is 4.95. The van der Waals surface area contributed by atoms with Crippen LogP contribution in [0.15, 0.2) is 66.7 Å². The molecule has 3 N–H and O–H groups in total. The zero-order valence-electron chi connectivity index (χ0n) is 22.7. The Morgan fingerprint density at radius 3 is 2.15 bits per heavy atom. The molecular formula is C28H32N6O5S. The summed E-state index contributed by atoms with van der Waals surface area (Å²) in [7, 11) is 3.09. The van der Waals surface area contributed by atoms with Crippen molar-refractivity contribution in [3.63, 3.8) is 0 Å². The van der Waals surface area contributed by atoms with E-state index >= 15 is 0 Å². The fourth-order valence-electron chi connectivity index (χ4n) is 4.08. The molecule has 0 aliphatic carbocycles. The number of para-hydroxylation sites is 2. The Kier molecular flexibility index (Phi) is 9.48. The van der Waals surface area contributed by atoms with Crippen molar-refractivity contribution in [2.24, 2.45) is 0 Å². The number of likely N-dealkylation sites (N-methyl/N-ethyl adjacent to an activating group) is 1. The van der Waals surface area contributed by atoms with Gasteiger partial charge in [-0.2, -0.15) is 0 Å². The number of nitrogens with one attached hydrogen (secondary N) is 2. The van der Waals surface area contributed by atoms with Gasteiger partial charge in [-0.15, -0.1) is 0 Å². The molecule has 0 bridgehead atoms. The Morgan fingerprint density at radius 2 is 1.55 bits per heavy atom. The highest BCUT2D eigenvalue weighted by atomic mass is 32.2. The van der Waals surface area contributed by atoms with Crippen molar-refractivity contribution in [2.45, 2.75) is 13.8 Å². The minimum Gasteiger partial charge on any atom is -0.497 e. The Hall–Kier alpha value is -4.26. The second-order valence-electron chi connectivity index (χ2n) is 8.70. The summed E-state index contributed by atoms with van der Waals surface area (Å²) in [6, 6.07) is 19.1. The number of methoxy groups -OCH3 is 2.